The number of nitrogens with zero attached hydrogens (tertiary/aromatic N) is 2. The number of anilines is 2. The zero-order valence-corrected chi connectivity index (χ0v) is 16.8. The largest absolute Gasteiger partial charge is 0.332 e. The maximum atomic E-state index is 12.8. The summed E-state index contributed by atoms with van der Waals surface area (Å²) in [6, 6.07) is 18.7. The summed E-state index contributed by atoms with van der Waals surface area (Å²) >= 11 is 1.47. The number of carbonyl (C=O) groups is 1. The number of benzene rings is 2. The fraction of sp³-hybridized carbons (Fsp3) is 0.273. The Hall–Kier alpha value is -2.70. The predicted molar refractivity (Wildman–Crippen MR) is 113 cm³/mol. The average Bonchev–Trinajstić information content (AvgIpc) is 3.19. The van der Waals surface area contributed by atoms with Crippen molar-refractivity contribution < 1.29 is 9.69 Å². The van der Waals surface area contributed by atoms with Crippen LogP contribution >= 0.6 is 11.3 Å². The summed E-state index contributed by atoms with van der Waals surface area (Å²) in [5.74, 6) is 0.0342. The lowest BCUT2D eigenvalue weighted by Gasteiger charge is -2.31. The summed E-state index contributed by atoms with van der Waals surface area (Å²) < 4.78 is 0. The van der Waals surface area contributed by atoms with Gasteiger partial charge in [-0.15, -0.1) is 11.3 Å². The van der Waals surface area contributed by atoms with Gasteiger partial charge in [-0.1, -0.05) is 48.0 Å². The lowest BCUT2D eigenvalue weighted by atomic mass is 10.2. The first-order valence-electron chi connectivity index (χ1n) is 9.63. The van der Waals surface area contributed by atoms with E-state index in [0.29, 0.717) is 5.69 Å². The second-order valence-corrected chi connectivity index (χ2v) is 8.09. The van der Waals surface area contributed by atoms with Crippen LogP contribution in [0, 0.1) is 6.92 Å². The smallest absolute Gasteiger partial charge is 0.273 e. The highest BCUT2D eigenvalue weighted by Crippen LogP contribution is 2.22. The molecule has 1 aliphatic heterocycles. The van der Waals surface area contributed by atoms with Crippen molar-refractivity contribution in [2.45, 2.75) is 13.5 Å². The molecule has 0 saturated carbocycles. The Labute approximate surface area is 169 Å². The summed E-state index contributed by atoms with van der Waals surface area (Å²) in [6.45, 7) is 6.58. The molecule has 0 radical (unpaired) electrons. The van der Waals surface area contributed by atoms with E-state index in [1.54, 1.807) is 0 Å². The second-order valence-electron chi connectivity index (χ2n) is 7.23. The molecule has 1 fully saturated rings. The molecule has 1 aromatic heterocycles. The van der Waals surface area contributed by atoms with Gasteiger partial charge in [-0.3, -0.25) is 4.79 Å². The molecule has 0 unspecified atom stereocenters. The number of aryl methyl sites for hydroxylation is 1. The molecule has 6 heteroatoms. The first-order valence-corrected chi connectivity index (χ1v) is 10.5. The molecular formula is C22H25N4OS+. The molecule has 2 N–H and O–H groups in total. The molecule has 3 aromatic rings. The van der Waals surface area contributed by atoms with E-state index in [1.165, 1.54) is 27.4 Å². The maximum Gasteiger partial charge on any atom is 0.273 e. The SMILES string of the molecule is Cc1ccc(Nc2nc(C(=O)N3CC[NH+](Cc4ccccc4)CC3)cs2)cc1. The Morgan fingerprint density at radius 3 is 2.54 bits per heavy atom. The lowest BCUT2D eigenvalue weighted by molar-refractivity contribution is -0.917. The number of aromatic nitrogens is 1. The number of nitrogens with one attached hydrogen (secondary N) is 2. The minimum absolute atomic E-state index is 0.0342. The summed E-state index contributed by atoms with van der Waals surface area (Å²) in [5.41, 5.74) is 4.08. The third kappa shape index (κ3) is 4.58. The zero-order valence-electron chi connectivity index (χ0n) is 16.0. The van der Waals surface area contributed by atoms with E-state index in [4.69, 9.17) is 0 Å². The van der Waals surface area contributed by atoms with Crippen LogP contribution in [-0.2, 0) is 6.54 Å². The molecule has 4 rings (SSSR count). The van der Waals surface area contributed by atoms with Crippen molar-refractivity contribution in [3.8, 4) is 0 Å². The maximum absolute atomic E-state index is 12.8. The molecule has 0 spiro atoms. The minimum atomic E-state index is 0.0342. The van der Waals surface area contributed by atoms with E-state index >= 15 is 0 Å². The molecule has 0 atom stereocenters. The molecule has 1 aliphatic rings. The van der Waals surface area contributed by atoms with E-state index in [0.717, 1.165) is 43.5 Å². The molecule has 1 amide bonds. The van der Waals surface area contributed by atoms with Gasteiger partial charge in [0, 0.05) is 16.6 Å². The number of hydrogen-bond acceptors (Lipinski definition) is 4. The van der Waals surface area contributed by atoms with Crippen molar-refractivity contribution in [1.29, 1.82) is 0 Å². The zero-order chi connectivity index (χ0) is 19.3. The molecule has 0 aliphatic carbocycles. The first-order chi connectivity index (χ1) is 13.7. The van der Waals surface area contributed by atoms with Crippen LogP contribution in [-0.4, -0.2) is 42.0 Å². The fourth-order valence-corrected chi connectivity index (χ4v) is 4.14. The number of carbonyl (C=O) groups excluding carboxylic acids is 1. The van der Waals surface area contributed by atoms with Crippen LogP contribution in [0.1, 0.15) is 21.6 Å². The second kappa shape index (κ2) is 8.54. The van der Waals surface area contributed by atoms with Crippen LogP contribution in [0.3, 0.4) is 0 Å². The van der Waals surface area contributed by atoms with Crippen molar-refractivity contribution in [1.82, 2.24) is 9.88 Å². The molecule has 2 heterocycles. The number of thiazole rings is 1. The number of piperazine rings is 1. The van der Waals surface area contributed by atoms with Gasteiger partial charge in [0.15, 0.2) is 5.13 Å². The predicted octanol–water partition coefficient (Wildman–Crippen LogP) is 2.74. The Balaban J connectivity index is 1.31. The van der Waals surface area contributed by atoms with Crippen LogP contribution < -0.4 is 10.2 Å². The van der Waals surface area contributed by atoms with Crippen LogP contribution in [0.5, 0.6) is 0 Å². The van der Waals surface area contributed by atoms with Gasteiger partial charge in [0.1, 0.15) is 12.2 Å². The van der Waals surface area contributed by atoms with E-state index in [9.17, 15) is 4.79 Å². The third-order valence-electron chi connectivity index (χ3n) is 5.08. The minimum Gasteiger partial charge on any atom is -0.332 e. The van der Waals surface area contributed by atoms with Crippen molar-refractivity contribution in [2.75, 3.05) is 31.5 Å². The lowest BCUT2D eigenvalue weighted by Crippen LogP contribution is -3.13. The summed E-state index contributed by atoms with van der Waals surface area (Å²) in [4.78, 5) is 20.8. The number of quaternary nitrogens is 1. The van der Waals surface area contributed by atoms with Gasteiger partial charge in [0.25, 0.3) is 5.91 Å². The highest BCUT2D eigenvalue weighted by atomic mass is 32.1. The van der Waals surface area contributed by atoms with E-state index in [1.807, 2.05) is 28.5 Å². The highest BCUT2D eigenvalue weighted by Gasteiger charge is 2.26. The Bertz CT molecular complexity index is 915. The highest BCUT2D eigenvalue weighted by molar-refractivity contribution is 7.14. The van der Waals surface area contributed by atoms with Gasteiger partial charge in [-0.05, 0) is 19.1 Å². The van der Waals surface area contributed by atoms with E-state index < -0.39 is 0 Å². The quantitative estimate of drug-likeness (QED) is 0.701. The monoisotopic (exact) mass is 393 g/mol. The van der Waals surface area contributed by atoms with Crippen molar-refractivity contribution >= 4 is 28.1 Å². The van der Waals surface area contributed by atoms with Gasteiger partial charge in [-0.25, -0.2) is 4.98 Å². The first kappa shape index (κ1) is 18.7. The van der Waals surface area contributed by atoms with Gasteiger partial charge in [-0.2, -0.15) is 0 Å². The van der Waals surface area contributed by atoms with Gasteiger partial charge >= 0.3 is 0 Å². The van der Waals surface area contributed by atoms with Crippen molar-refractivity contribution in [2.24, 2.45) is 0 Å². The fourth-order valence-electron chi connectivity index (χ4n) is 3.44. The van der Waals surface area contributed by atoms with Crippen LogP contribution in [0.15, 0.2) is 60.0 Å². The molecule has 1 saturated heterocycles. The average molecular weight is 394 g/mol. The Morgan fingerprint density at radius 1 is 1.11 bits per heavy atom. The van der Waals surface area contributed by atoms with Crippen molar-refractivity contribution in [3.05, 3.63) is 76.8 Å². The Kier molecular flexibility index (Phi) is 5.69. The number of hydrogen-bond donors (Lipinski definition) is 2. The van der Waals surface area contributed by atoms with E-state index in [2.05, 4.69) is 53.6 Å². The van der Waals surface area contributed by atoms with Crippen LogP contribution in [0.4, 0.5) is 10.8 Å². The van der Waals surface area contributed by atoms with Gasteiger partial charge in [0.2, 0.25) is 0 Å². The molecule has 0 bridgehead atoms. The van der Waals surface area contributed by atoms with Crippen LogP contribution in [0.25, 0.3) is 0 Å². The van der Waals surface area contributed by atoms with E-state index in [-0.39, 0.29) is 5.91 Å². The third-order valence-corrected chi connectivity index (χ3v) is 5.84. The standard InChI is InChI=1S/C22H24N4OS/c1-17-7-9-19(10-8-17)23-22-24-20(16-28-22)21(27)26-13-11-25(12-14-26)15-18-5-3-2-4-6-18/h2-10,16H,11-15H2,1H3,(H,23,24)/p+1. The topological polar surface area (TPSA) is 49.7 Å². The van der Waals surface area contributed by atoms with Crippen LogP contribution in [0.2, 0.25) is 0 Å². The molecule has 2 aromatic carbocycles. The van der Waals surface area contributed by atoms with Crippen molar-refractivity contribution in [3.63, 3.8) is 0 Å². The summed E-state index contributed by atoms with van der Waals surface area (Å²) in [6.07, 6.45) is 0. The molecule has 144 valence electrons. The summed E-state index contributed by atoms with van der Waals surface area (Å²) in [5, 5.41) is 5.88. The molecule has 28 heavy (non-hydrogen) atoms. The van der Waals surface area contributed by atoms with Gasteiger partial charge < -0.3 is 15.1 Å². The molecule has 5 nitrogen and oxygen atoms in total. The molecular weight excluding hydrogens is 368 g/mol. The Morgan fingerprint density at radius 2 is 1.82 bits per heavy atom. The summed E-state index contributed by atoms with van der Waals surface area (Å²) in [7, 11) is 0. The van der Waals surface area contributed by atoms with Gasteiger partial charge in [0.05, 0.1) is 26.2 Å². The normalized spacial score (nSPS) is 14.8. The number of amides is 1. The number of rotatable bonds is 5.